The zero-order valence-electron chi connectivity index (χ0n) is 17.6. The molecular formula is C21H26Cl2N2O6S. The first-order valence-electron chi connectivity index (χ1n) is 9.77. The number of carbonyl (C=O) groups is 2. The van der Waals surface area contributed by atoms with Crippen LogP contribution >= 0.6 is 24.0 Å². The van der Waals surface area contributed by atoms with E-state index in [-0.39, 0.29) is 44.8 Å². The smallest absolute Gasteiger partial charge is 0.337 e. The number of halogens is 2. The summed E-state index contributed by atoms with van der Waals surface area (Å²) in [6.07, 6.45) is 2.36. The minimum absolute atomic E-state index is 0. The number of carboxylic acid groups (broad SMARTS) is 1. The third-order valence-electron chi connectivity index (χ3n) is 4.79. The topological polar surface area (TPSA) is 133 Å². The first-order valence-corrected chi connectivity index (χ1v) is 11.7. The van der Waals surface area contributed by atoms with Crippen molar-refractivity contribution < 1.29 is 28.3 Å². The lowest BCUT2D eigenvalue weighted by molar-refractivity contribution is 0.0698. The van der Waals surface area contributed by atoms with Gasteiger partial charge in [-0.1, -0.05) is 38.3 Å². The summed E-state index contributed by atoms with van der Waals surface area (Å²) in [7, 11) is -3.74. The van der Waals surface area contributed by atoms with Crippen LogP contribution in [0.4, 0.5) is 11.4 Å². The molecule has 0 bridgehead atoms. The van der Waals surface area contributed by atoms with Crippen molar-refractivity contribution in [3.63, 3.8) is 0 Å². The van der Waals surface area contributed by atoms with Gasteiger partial charge in [0, 0.05) is 10.6 Å². The van der Waals surface area contributed by atoms with Crippen LogP contribution in [0.25, 0.3) is 0 Å². The summed E-state index contributed by atoms with van der Waals surface area (Å²) in [5.74, 6) is -1.95. The third-order valence-corrected chi connectivity index (χ3v) is 7.34. The van der Waals surface area contributed by atoms with Crippen LogP contribution in [0.1, 0.15) is 60.2 Å². The van der Waals surface area contributed by atoms with E-state index >= 15 is 0 Å². The molecule has 0 aliphatic carbocycles. The molecule has 0 unspecified atom stereocenters. The van der Waals surface area contributed by atoms with Crippen molar-refractivity contribution in [2.75, 3.05) is 10.8 Å². The van der Waals surface area contributed by atoms with E-state index in [0.717, 1.165) is 0 Å². The van der Waals surface area contributed by atoms with Gasteiger partial charge in [-0.15, -0.1) is 12.4 Å². The van der Waals surface area contributed by atoms with Crippen molar-refractivity contribution in [2.24, 2.45) is 0 Å². The number of hydrogen-bond donors (Lipinski definition) is 4. The van der Waals surface area contributed by atoms with Gasteiger partial charge >= 0.3 is 5.97 Å². The fourth-order valence-corrected chi connectivity index (χ4v) is 5.57. The Morgan fingerprint density at radius 2 is 1.66 bits per heavy atom. The lowest BCUT2D eigenvalue weighted by Gasteiger charge is -2.19. The molecular weight excluding hydrogens is 479 g/mol. The van der Waals surface area contributed by atoms with Gasteiger partial charge in [0.05, 0.1) is 27.1 Å². The van der Waals surface area contributed by atoms with Crippen molar-refractivity contribution >= 4 is 57.1 Å². The number of amides is 1. The number of aromatic carboxylic acids is 1. The summed E-state index contributed by atoms with van der Waals surface area (Å²) in [6, 6.07) is 7.77. The molecule has 4 N–H and O–H groups in total. The first-order chi connectivity index (χ1) is 14.6. The maximum atomic E-state index is 13.1. The third kappa shape index (κ3) is 6.35. The fourth-order valence-electron chi connectivity index (χ4n) is 3.28. The molecule has 0 aliphatic rings. The molecule has 0 spiro atoms. The Kier molecular flexibility index (Phi) is 10.4. The number of carbonyl (C=O) groups excluding carboxylic acids is 1. The minimum Gasteiger partial charge on any atom is -0.478 e. The molecule has 0 aliphatic heterocycles. The van der Waals surface area contributed by atoms with Gasteiger partial charge in [0.25, 0.3) is 5.91 Å². The molecule has 176 valence electrons. The highest BCUT2D eigenvalue weighted by molar-refractivity contribution is 7.92. The van der Waals surface area contributed by atoms with Gasteiger partial charge in [0.2, 0.25) is 0 Å². The second-order valence-corrected chi connectivity index (χ2v) is 9.65. The van der Waals surface area contributed by atoms with Crippen LogP contribution in [0.3, 0.4) is 0 Å². The zero-order valence-corrected chi connectivity index (χ0v) is 20.0. The van der Waals surface area contributed by atoms with Crippen LogP contribution in [0.5, 0.6) is 0 Å². The van der Waals surface area contributed by atoms with Gasteiger partial charge in [-0.2, -0.15) is 0 Å². The second-order valence-electron chi connectivity index (χ2n) is 7.02. The summed E-state index contributed by atoms with van der Waals surface area (Å²) in [5, 5.41) is 20.9. The van der Waals surface area contributed by atoms with Crippen LogP contribution in [0.15, 0.2) is 41.3 Å². The Bertz CT molecular complexity index is 1070. The minimum atomic E-state index is -3.74. The van der Waals surface area contributed by atoms with Crippen molar-refractivity contribution in [2.45, 2.75) is 49.7 Å². The molecule has 8 nitrogen and oxygen atoms in total. The Balaban J connectivity index is 0.00000512. The molecule has 0 radical (unpaired) electrons. The van der Waals surface area contributed by atoms with E-state index in [2.05, 4.69) is 5.32 Å². The molecule has 0 fully saturated rings. The van der Waals surface area contributed by atoms with E-state index in [9.17, 15) is 28.3 Å². The monoisotopic (exact) mass is 504 g/mol. The molecule has 2 rings (SSSR count). The highest BCUT2D eigenvalue weighted by Gasteiger charge is 2.29. The van der Waals surface area contributed by atoms with Crippen molar-refractivity contribution in [3.8, 4) is 0 Å². The predicted molar refractivity (Wildman–Crippen MR) is 126 cm³/mol. The number of nitrogens with one attached hydrogen (secondary N) is 2. The van der Waals surface area contributed by atoms with Crippen molar-refractivity contribution in [1.82, 2.24) is 0 Å². The van der Waals surface area contributed by atoms with E-state index in [1.165, 1.54) is 36.4 Å². The molecule has 1 amide bonds. The van der Waals surface area contributed by atoms with Gasteiger partial charge < -0.3 is 10.4 Å². The molecule has 11 heteroatoms. The molecule has 0 atom stereocenters. The van der Waals surface area contributed by atoms with Crippen molar-refractivity contribution in [1.29, 1.82) is 0 Å². The lowest BCUT2D eigenvalue weighted by atomic mass is 10.1. The van der Waals surface area contributed by atoms with Crippen molar-refractivity contribution in [3.05, 3.63) is 52.5 Å². The van der Waals surface area contributed by atoms with E-state index in [0.29, 0.717) is 25.7 Å². The largest absolute Gasteiger partial charge is 0.478 e. The molecule has 0 saturated heterocycles. The molecule has 0 heterocycles. The molecule has 2 aromatic carbocycles. The van der Waals surface area contributed by atoms with Crippen LogP contribution in [0.2, 0.25) is 5.02 Å². The first kappa shape index (κ1) is 27.7. The van der Waals surface area contributed by atoms with Gasteiger partial charge in [-0.3, -0.25) is 15.5 Å². The maximum Gasteiger partial charge on any atom is 0.337 e. The van der Waals surface area contributed by atoms with Gasteiger partial charge in [0.15, 0.2) is 9.84 Å². The Hall–Kier alpha value is -2.33. The van der Waals surface area contributed by atoms with Crippen LogP contribution < -0.4 is 10.8 Å². The summed E-state index contributed by atoms with van der Waals surface area (Å²) in [4.78, 5) is 23.9. The lowest BCUT2D eigenvalue weighted by Crippen LogP contribution is -2.23. The Morgan fingerprint density at radius 3 is 2.19 bits per heavy atom. The standard InChI is InChI=1S/C21H25ClN2O6S.ClH/c1-3-5-15(6-4-2)31(29,30)19-10-7-13(11-18(19)24-28)20(25)23-17-9-8-14(22)12-16(17)21(26)27;/h7-12,15,24,28H,3-6H2,1-2H3,(H,23,25)(H,26,27);1H. The molecule has 0 aromatic heterocycles. The number of hydrogen-bond acceptors (Lipinski definition) is 6. The van der Waals surface area contributed by atoms with E-state index in [1.807, 2.05) is 19.3 Å². The van der Waals surface area contributed by atoms with Crippen LogP contribution in [-0.2, 0) is 9.84 Å². The normalized spacial score (nSPS) is 11.0. The van der Waals surface area contributed by atoms with E-state index in [1.54, 1.807) is 0 Å². The van der Waals surface area contributed by atoms with E-state index in [4.69, 9.17) is 11.6 Å². The quantitative estimate of drug-likeness (QED) is 0.324. The average molecular weight is 505 g/mol. The van der Waals surface area contributed by atoms with E-state index < -0.39 is 27.0 Å². The molecule has 0 saturated carbocycles. The van der Waals surface area contributed by atoms with Gasteiger partial charge in [-0.25, -0.2) is 13.2 Å². The molecule has 2 aromatic rings. The Morgan fingerprint density at radius 1 is 1.03 bits per heavy atom. The predicted octanol–water partition coefficient (Wildman–Crippen LogP) is 5.26. The maximum absolute atomic E-state index is 13.1. The SMILES string of the molecule is CCCC(CCC)S(=O)(=O)c1ccc(C(=O)Nc2ccc(Cl)cc2C(=O)O)cc1NO.Cl. The zero-order chi connectivity index (χ0) is 23.2. The highest BCUT2D eigenvalue weighted by Crippen LogP contribution is 2.30. The van der Waals surface area contributed by atoms with Gasteiger partial charge in [0.1, 0.15) is 0 Å². The summed E-state index contributed by atoms with van der Waals surface area (Å²) < 4.78 is 26.2. The average Bonchev–Trinajstić information content (AvgIpc) is 2.74. The number of sulfone groups is 1. The number of carboxylic acids is 1. The second kappa shape index (κ2) is 12.1. The summed E-state index contributed by atoms with van der Waals surface area (Å²) in [5.41, 5.74) is 1.61. The molecule has 32 heavy (non-hydrogen) atoms. The number of anilines is 2. The van der Waals surface area contributed by atoms with Gasteiger partial charge in [-0.05, 0) is 49.2 Å². The number of benzene rings is 2. The van der Waals surface area contributed by atoms with Crippen LogP contribution in [-0.4, -0.2) is 35.9 Å². The Labute approximate surface area is 198 Å². The fraction of sp³-hybridized carbons (Fsp3) is 0.333. The highest BCUT2D eigenvalue weighted by atomic mass is 35.5. The van der Waals surface area contributed by atoms with Crippen LogP contribution in [0, 0.1) is 0 Å². The summed E-state index contributed by atoms with van der Waals surface area (Å²) in [6.45, 7) is 3.80. The number of rotatable bonds is 10. The summed E-state index contributed by atoms with van der Waals surface area (Å²) >= 11 is 5.82.